The van der Waals surface area contributed by atoms with Crippen LogP contribution in [0.25, 0.3) is 0 Å². The SMILES string of the molecule is NCC#Cc1ccccc1CNC(=O)NC1CC1. The fraction of sp³-hybridized carbons (Fsp3) is 0.357. The maximum absolute atomic E-state index is 11.5. The van der Waals surface area contributed by atoms with Crippen molar-refractivity contribution in [3.05, 3.63) is 35.4 Å². The Bertz CT molecular complexity index is 483. The molecule has 94 valence electrons. The molecule has 1 aromatic rings. The van der Waals surface area contributed by atoms with Crippen LogP contribution in [0, 0.1) is 11.8 Å². The highest BCUT2D eigenvalue weighted by Crippen LogP contribution is 2.18. The molecule has 1 saturated carbocycles. The fourth-order valence-electron chi connectivity index (χ4n) is 1.58. The normalized spacial score (nSPS) is 13.4. The van der Waals surface area contributed by atoms with Crippen LogP contribution in [-0.4, -0.2) is 18.6 Å². The van der Waals surface area contributed by atoms with Gasteiger partial charge in [-0.25, -0.2) is 4.79 Å². The van der Waals surface area contributed by atoms with Crippen LogP contribution in [0.15, 0.2) is 24.3 Å². The number of benzene rings is 1. The molecule has 1 fully saturated rings. The Kier molecular flexibility index (Phi) is 4.21. The molecule has 2 rings (SSSR count). The summed E-state index contributed by atoms with van der Waals surface area (Å²) < 4.78 is 0. The lowest BCUT2D eigenvalue weighted by atomic mass is 10.1. The molecule has 0 bridgehead atoms. The summed E-state index contributed by atoms with van der Waals surface area (Å²) in [5, 5.41) is 5.72. The van der Waals surface area contributed by atoms with Gasteiger partial charge in [-0.1, -0.05) is 30.0 Å². The minimum absolute atomic E-state index is 0.112. The van der Waals surface area contributed by atoms with E-state index >= 15 is 0 Å². The van der Waals surface area contributed by atoms with Crippen LogP contribution in [0.4, 0.5) is 4.79 Å². The molecule has 1 aliphatic rings. The Hall–Kier alpha value is -1.99. The molecule has 0 aliphatic heterocycles. The van der Waals surface area contributed by atoms with Crippen molar-refractivity contribution in [3.63, 3.8) is 0 Å². The first kappa shape index (κ1) is 12.5. The third-order valence-corrected chi connectivity index (χ3v) is 2.69. The van der Waals surface area contributed by atoms with E-state index in [4.69, 9.17) is 5.73 Å². The highest BCUT2D eigenvalue weighted by Gasteiger charge is 2.22. The molecule has 2 amide bonds. The van der Waals surface area contributed by atoms with E-state index in [2.05, 4.69) is 22.5 Å². The summed E-state index contributed by atoms with van der Waals surface area (Å²) in [7, 11) is 0. The van der Waals surface area contributed by atoms with Gasteiger partial charge in [-0.05, 0) is 24.5 Å². The molecule has 0 heterocycles. The maximum Gasteiger partial charge on any atom is 0.315 e. The molecule has 4 N–H and O–H groups in total. The molecule has 4 heteroatoms. The number of hydrogen-bond donors (Lipinski definition) is 3. The second-order valence-electron chi connectivity index (χ2n) is 4.26. The molecule has 18 heavy (non-hydrogen) atoms. The molecule has 0 atom stereocenters. The van der Waals surface area contributed by atoms with Gasteiger partial charge in [0, 0.05) is 18.2 Å². The van der Waals surface area contributed by atoms with Gasteiger partial charge < -0.3 is 16.4 Å². The average Bonchev–Trinajstić information content (AvgIpc) is 3.18. The lowest BCUT2D eigenvalue weighted by Crippen LogP contribution is -2.36. The lowest BCUT2D eigenvalue weighted by Gasteiger charge is -2.08. The van der Waals surface area contributed by atoms with Gasteiger partial charge in [-0.15, -0.1) is 0 Å². The molecule has 0 radical (unpaired) electrons. The predicted octanol–water partition coefficient (Wildman–Crippen LogP) is 0.958. The van der Waals surface area contributed by atoms with Crippen LogP contribution in [-0.2, 0) is 6.54 Å². The molecule has 0 unspecified atom stereocenters. The second-order valence-corrected chi connectivity index (χ2v) is 4.26. The van der Waals surface area contributed by atoms with Crippen molar-refractivity contribution < 1.29 is 4.79 Å². The first-order chi connectivity index (χ1) is 8.79. The topological polar surface area (TPSA) is 67.1 Å². The van der Waals surface area contributed by atoms with E-state index < -0.39 is 0 Å². The van der Waals surface area contributed by atoms with E-state index in [1.807, 2.05) is 24.3 Å². The molecule has 0 aromatic heterocycles. The smallest absolute Gasteiger partial charge is 0.315 e. The quantitative estimate of drug-likeness (QED) is 0.692. The van der Waals surface area contributed by atoms with Gasteiger partial charge in [0.2, 0.25) is 0 Å². The highest BCUT2D eigenvalue weighted by atomic mass is 16.2. The zero-order valence-corrected chi connectivity index (χ0v) is 10.2. The highest BCUT2D eigenvalue weighted by molar-refractivity contribution is 5.74. The summed E-state index contributed by atoms with van der Waals surface area (Å²) in [6.07, 6.45) is 2.18. The summed E-state index contributed by atoms with van der Waals surface area (Å²) in [5.41, 5.74) is 7.27. The predicted molar refractivity (Wildman–Crippen MR) is 70.8 cm³/mol. The summed E-state index contributed by atoms with van der Waals surface area (Å²) in [5.74, 6) is 5.83. The summed E-state index contributed by atoms with van der Waals surface area (Å²) in [4.78, 5) is 11.5. The van der Waals surface area contributed by atoms with Gasteiger partial charge in [0.1, 0.15) is 0 Å². The number of nitrogens with two attached hydrogens (primary N) is 1. The van der Waals surface area contributed by atoms with E-state index in [-0.39, 0.29) is 6.03 Å². The molecule has 0 spiro atoms. The number of nitrogens with one attached hydrogen (secondary N) is 2. The van der Waals surface area contributed by atoms with Gasteiger partial charge in [0.15, 0.2) is 0 Å². The maximum atomic E-state index is 11.5. The number of rotatable bonds is 3. The molecule has 4 nitrogen and oxygen atoms in total. The van der Waals surface area contributed by atoms with Gasteiger partial charge in [0.25, 0.3) is 0 Å². The van der Waals surface area contributed by atoms with E-state index in [1.165, 1.54) is 0 Å². The van der Waals surface area contributed by atoms with Crippen LogP contribution in [0.3, 0.4) is 0 Å². The van der Waals surface area contributed by atoms with Gasteiger partial charge in [-0.3, -0.25) is 0 Å². The van der Waals surface area contributed by atoms with Crippen LogP contribution in [0.5, 0.6) is 0 Å². The molecule has 1 aromatic carbocycles. The number of hydrogen-bond acceptors (Lipinski definition) is 2. The van der Waals surface area contributed by atoms with Crippen molar-refractivity contribution in [2.45, 2.75) is 25.4 Å². The largest absolute Gasteiger partial charge is 0.335 e. The zero-order chi connectivity index (χ0) is 12.8. The zero-order valence-electron chi connectivity index (χ0n) is 10.2. The van der Waals surface area contributed by atoms with Gasteiger partial charge in [-0.2, -0.15) is 0 Å². The summed E-state index contributed by atoms with van der Waals surface area (Å²) in [6.45, 7) is 0.817. The molecular weight excluding hydrogens is 226 g/mol. The Balaban J connectivity index is 1.92. The second kappa shape index (κ2) is 6.08. The molecular formula is C14H17N3O. The van der Waals surface area contributed by atoms with Crippen molar-refractivity contribution in [1.29, 1.82) is 0 Å². The fourth-order valence-corrected chi connectivity index (χ4v) is 1.58. The Morgan fingerprint density at radius 2 is 2.17 bits per heavy atom. The minimum Gasteiger partial charge on any atom is -0.335 e. The average molecular weight is 243 g/mol. The van der Waals surface area contributed by atoms with E-state index in [9.17, 15) is 4.79 Å². The lowest BCUT2D eigenvalue weighted by molar-refractivity contribution is 0.240. The first-order valence-electron chi connectivity index (χ1n) is 6.11. The Morgan fingerprint density at radius 1 is 1.39 bits per heavy atom. The van der Waals surface area contributed by atoms with Crippen molar-refractivity contribution in [3.8, 4) is 11.8 Å². The van der Waals surface area contributed by atoms with Crippen LogP contribution < -0.4 is 16.4 Å². The molecule has 0 saturated heterocycles. The van der Waals surface area contributed by atoms with E-state index in [1.54, 1.807) is 0 Å². The van der Waals surface area contributed by atoms with E-state index in [0.717, 1.165) is 24.0 Å². The van der Waals surface area contributed by atoms with Crippen LogP contribution in [0.2, 0.25) is 0 Å². The number of urea groups is 1. The standard InChI is InChI=1S/C14H17N3O/c15-9-3-6-11-4-1-2-5-12(11)10-16-14(18)17-13-7-8-13/h1-2,4-5,13H,7-10,15H2,(H2,16,17,18). The number of amides is 2. The van der Waals surface area contributed by atoms with Crippen LogP contribution in [0.1, 0.15) is 24.0 Å². The van der Waals surface area contributed by atoms with Crippen molar-refractivity contribution in [2.75, 3.05) is 6.54 Å². The Morgan fingerprint density at radius 3 is 2.89 bits per heavy atom. The van der Waals surface area contributed by atoms with Crippen LogP contribution >= 0.6 is 0 Å². The minimum atomic E-state index is -0.112. The third-order valence-electron chi connectivity index (χ3n) is 2.69. The van der Waals surface area contributed by atoms with Crippen molar-refractivity contribution >= 4 is 6.03 Å². The number of carbonyl (C=O) groups excluding carboxylic acids is 1. The number of carbonyl (C=O) groups is 1. The third kappa shape index (κ3) is 3.79. The first-order valence-corrected chi connectivity index (χ1v) is 6.11. The monoisotopic (exact) mass is 243 g/mol. The van der Waals surface area contributed by atoms with Gasteiger partial charge in [0.05, 0.1) is 6.54 Å². The van der Waals surface area contributed by atoms with Crippen molar-refractivity contribution in [1.82, 2.24) is 10.6 Å². The molecule has 1 aliphatic carbocycles. The summed E-state index contributed by atoms with van der Waals surface area (Å²) in [6, 6.07) is 8.00. The van der Waals surface area contributed by atoms with Gasteiger partial charge >= 0.3 is 6.03 Å². The Labute approximate surface area is 107 Å². The van der Waals surface area contributed by atoms with Crippen molar-refractivity contribution in [2.24, 2.45) is 5.73 Å². The summed E-state index contributed by atoms with van der Waals surface area (Å²) >= 11 is 0. The van der Waals surface area contributed by atoms with E-state index in [0.29, 0.717) is 19.1 Å².